The number of amides is 2. The van der Waals surface area contributed by atoms with Crippen molar-refractivity contribution >= 4 is 45.8 Å². The fourth-order valence-electron chi connectivity index (χ4n) is 2.33. The van der Waals surface area contributed by atoms with Crippen molar-refractivity contribution in [3.05, 3.63) is 65.7 Å². The predicted molar refractivity (Wildman–Crippen MR) is 113 cm³/mol. The molecule has 26 heavy (non-hydrogen) atoms. The summed E-state index contributed by atoms with van der Waals surface area (Å²) in [6, 6.07) is 9.42. The molecule has 2 rings (SSSR count). The van der Waals surface area contributed by atoms with Gasteiger partial charge in [0.25, 0.3) is 5.91 Å². The summed E-state index contributed by atoms with van der Waals surface area (Å²) < 4.78 is 0.616. The summed E-state index contributed by atoms with van der Waals surface area (Å²) in [5.74, 6) is -0.102. The van der Waals surface area contributed by atoms with E-state index in [9.17, 15) is 9.59 Å². The zero-order valence-corrected chi connectivity index (χ0v) is 16.6. The number of anilines is 1. The lowest BCUT2D eigenvalue weighted by Crippen LogP contribution is -2.28. The molecule has 0 aromatic heterocycles. The van der Waals surface area contributed by atoms with Crippen molar-refractivity contribution in [1.29, 1.82) is 0 Å². The Kier molecular flexibility index (Phi) is 7.81. The van der Waals surface area contributed by atoms with Crippen molar-refractivity contribution in [3.8, 4) is 0 Å². The molecule has 1 aliphatic heterocycles. The molecule has 1 aromatic carbocycles. The number of nitrogens with zero attached hydrogens (tertiary/aromatic N) is 2. The Morgan fingerprint density at radius 2 is 1.96 bits per heavy atom. The van der Waals surface area contributed by atoms with Gasteiger partial charge in [-0.05, 0) is 30.7 Å². The van der Waals surface area contributed by atoms with E-state index in [1.807, 2.05) is 30.3 Å². The van der Waals surface area contributed by atoms with Gasteiger partial charge in [-0.25, -0.2) is 0 Å². The predicted octanol–water partition coefficient (Wildman–Crippen LogP) is 4.65. The number of unbranched alkanes of at least 4 members (excludes halogenated alkanes) is 1. The zero-order chi connectivity index (χ0) is 18.9. The number of hydrogen-bond acceptors (Lipinski definition) is 4. The standard InChI is InChI=1S/C20H22N2O2S2/c1-3-4-14-22-19(24)18(26-20(22)25)13-9-6-10-15-21(16(2)23)17-11-7-5-8-12-17/h5-13,15H,3-4,14H2,1-2H3. The summed E-state index contributed by atoms with van der Waals surface area (Å²) >= 11 is 6.60. The van der Waals surface area contributed by atoms with E-state index >= 15 is 0 Å². The van der Waals surface area contributed by atoms with Gasteiger partial charge >= 0.3 is 0 Å². The van der Waals surface area contributed by atoms with Crippen LogP contribution in [0.15, 0.2) is 65.7 Å². The van der Waals surface area contributed by atoms with Crippen LogP contribution in [-0.4, -0.2) is 27.6 Å². The number of benzene rings is 1. The van der Waals surface area contributed by atoms with E-state index in [2.05, 4.69) is 6.92 Å². The quantitative estimate of drug-likeness (QED) is 0.388. The van der Waals surface area contributed by atoms with Gasteiger partial charge in [-0.15, -0.1) is 0 Å². The molecule has 1 fully saturated rings. The molecule has 0 unspecified atom stereocenters. The van der Waals surface area contributed by atoms with Crippen LogP contribution in [0.4, 0.5) is 5.69 Å². The summed E-state index contributed by atoms with van der Waals surface area (Å²) in [7, 11) is 0. The number of thiocarbonyl (C=S) groups is 1. The van der Waals surface area contributed by atoms with Gasteiger partial charge in [0, 0.05) is 25.4 Å². The lowest BCUT2D eigenvalue weighted by atomic mass is 10.3. The Morgan fingerprint density at radius 1 is 1.23 bits per heavy atom. The first-order valence-electron chi connectivity index (χ1n) is 8.48. The third-order valence-corrected chi connectivity index (χ3v) is 5.08. The molecule has 0 bridgehead atoms. The van der Waals surface area contributed by atoms with Crippen molar-refractivity contribution in [2.24, 2.45) is 0 Å². The second-order valence-electron chi connectivity index (χ2n) is 5.66. The van der Waals surface area contributed by atoms with Crippen LogP contribution >= 0.6 is 24.0 Å². The van der Waals surface area contributed by atoms with E-state index in [1.165, 1.54) is 18.7 Å². The molecule has 1 aromatic rings. The number of thioether (sulfide) groups is 1. The number of allylic oxidation sites excluding steroid dienone is 4. The highest BCUT2D eigenvalue weighted by Gasteiger charge is 2.30. The van der Waals surface area contributed by atoms with Gasteiger partial charge in [0.05, 0.1) is 4.91 Å². The molecular weight excluding hydrogens is 364 g/mol. The van der Waals surface area contributed by atoms with Gasteiger partial charge < -0.3 is 0 Å². The van der Waals surface area contributed by atoms with E-state index in [-0.39, 0.29) is 11.8 Å². The monoisotopic (exact) mass is 386 g/mol. The van der Waals surface area contributed by atoms with Crippen LogP contribution in [-0.2, 0) is 9.59 Å². The number of rotatable bonds is 7. The molecule has 2 amide bonds. The van der Waals surface area contributed by atoms with E-state index in [4.69, 9.17) is 12.2 Å². The average molecular weight is 387 g/mol. The first-order valence-corrected chi connectivity index (χ1v) is 9.70. The number of hydrogen-bond donors (Lipinski definition) is 0. The van der Waals surface area contributed by atoms with Gasteiger partial charge in [0.1, 0.15) is 4.32 Å². The minimum Gasteiger partial charge on any atom is -0.293 e. The largest absolute Gasteiger partial charge is 0.293 e. The van der Waals surface area contributed by atoms with Crippen LogP contribution in [0.1, 0.15) is 26.7 Å². The maximum atomic E-state index is 12.3. The van der Waals surface area contributed by atoms with Crippen LogP contribution in [0.25, 0.3) is 0 Å². The maximum absolute atomic E-state index is 12.3. The third-order valence-electron chi connectivity index (χ3n) is 3.69. The molecule has 0 spiro atoms. The number of carbonyl (C=O) groups excluding carboxylic acids is 2. The second kappa shape index (κ2) is 10.1. The van der Waals surface area contributed by atoms with Crippen LogP contribution in [0.2, 0.25) is 0 Å². The minimum absolute atomic E-state index is 0.0308. The summed E-state index contributed by atoms with van der Waals surface area (Å²) in [5.41, 5.74) is 0.807. The molecule has 0 N–H and O–H groups in total. The van der Waals surface area contributed by atoms with E-state index in [0.717, 1.165) is 18.5 Å². The fraction of sp³-hybridized carbons (Fsp3) is 0.250. The summed E-state index contributed by atoms with van der Waals surface area (Å²) in [5, 5.41) is 0. The van der Waals surface area contributed by atoms with E-state index in [0.29, 0.717) is 15.8 Å². The Hall–Kier alpha value is -2.18. The Balaban J connectivity index is 2.00. The highest BCUT2D eigenvalue weighted by Crippen LogP contribution is 2.31. The van der Waals surface area contributed by atoms with Crippen LogP contribution < -0.4 is 4.90 Å². The Morgan fingerprint density at radius 3 is 2.62 bits per heavy atom. The SMILES string of the molecule is CCCCN1C(=O)C(=CC=CC=CN(C(C)=O)c2ccccc2)SC1=S. The van der Waals surface area contributed by atoms with Crippen molar-refractivity contribution in [2.45, 2.75) is 26.7 Å². The summed E-state index contributed by atoms with van der Waals surface area (Å²) in [6.07, 6.45) is 10.8. The molecule has 136 valence electrons. The topological polar surface area (TPSA) is 40.6 Å². The number of carbonyl (C=O) groups is 2. The smallest absolute Gasteiger partial charge is 0.266 e. The van der Waals surface area contributed by atoms with E-state index < -0.39 is 0 Å². The maximum Gasteiger partial charge on any atom is 0.266 e. The Labute approximate surface area is 164 Å². The average Bonchev–Trinajstić information content (AvgIpc) is 2.90. The summed E-state index contributed by atoms with van der Waals surface area (Å²) in [6.45, 7) is 4.28. The molecule has 0 saturated carbocycles. The second-order valence-corrected chi connectivity index (χ2v) is 7.34. The lowest BCUT2D eigenvalue weighted by molar-refractivity contribution is -0.122. The molecule has 1 aliphatic rings. The normalized spacial score (nSPS) is 16.4. The molecule has 1 saturated heterocycles. The molecule has 4 nitrogen and oxygen atoms in total. The van der Waals surface area contributed by atoms with Gasteiger partial charge in [-0.2, -0.15) is 0 Å². The lowest BCUT2D eigenvalue weighted by Gasteiger charge is -2.15. The van der Waals surface area contributed by atoms with Gasteiger partial charge in [0.15, 0.2) is 0 Å². The van der Waals surface area contributed by atoms with Crippen LogP contribution in [0, 0.1) is 0 Å². The highest BCUT2D eigenvalue weighted by molar-refractivity contribution is 8.26. The van der Waals surface area contributed by atoms with Crippen LogP contribution in [0.5, 0.6) is 0 Å². The van der Waals surface area contributed by atoms with Gasteiger partial charge in [-0.1, -0.05) is 67.7 Å². The van der Waals surface area contributed by atoms with Gasteiger partial charge in [0.2, 0.25) is 5.91 Å². The molecule has 1 heterocycles. The first kappa shape index (κ1) is 20.1. The van der Waals surface area contributed by atoms with E-state index in [1.54, 1.807) is 40.3 Å². The van der Waals surface area contributed by atoms with Crippen LogP contribution in [0.3, 0.4) is 0 Å². The molecule has 0 aliphatic carbocycles. The summed E-state index contributed by atoms with van der Waals surface area (Å²) in [4.78, 5) is 28.0. The van der Waals surface area contributed by atoms with Crippen molar-refractivity contribution < 1.29 is 9.59 Å². The number of para-hydroxylation sites is 1. The molecular formula is C20H22N2O2S2. The molecule has 0 radical (unpaired) electrons. The minimum atomic E-state index is -0.0716. The third kappa shape index (κ3) is 5.41. The van der Waals surface area contributed by atoms with Crippen molar-refractivity contribution in [3.63, 3.8) is 0 Å². The first-order chi connectivity index (χ1) is 12.5. The van der Waals surface area contributed by atoms with Crippen molar-refractivity contribution in [2.75, 3.05) is 11.4 Å². The molecule has 0 atom stereocenters. The zero-order valence-electron chi connectivity index (χ0n) is 14.9. The fourth-order valence-corrected chi connectivity index (χ4v) is 3.59. The van der Waals surface area contributed by atoms with Gasteiger partial charge in [-0.3, -0.25) is 19.4 Å². The molecule has 6 heteroatoms. The Bertz CT molecular complexity index is 754. The highest BCUT2D eigenvalue weighted by atomic mass is 32.2. The van der Waals surface area contributed by atoms with Crippen molar-refractivity contribution in [1.82, 2.24) is 4.90 Å².